The molecule has 2 rings (SSSR count). The van der Waals surface area contributed by atoms with Crippen LogP contribution in [0.25, 0.3) is 0 Å². The highest BCUT2D eigenvalue weighted by atomic mass is 16.5. The fourth-order valence-electron chi connectivity index (χ4n) is 1.82. The number of hydrogen-bond donors (Lipinski definition) is 3. The molecule has 0 saturated heterocycles. The van der Waals surface area contributed by atoms with Gasteiger partial charge < -0.3 is 21.1 Å². The molecule has 0 aliphatic heterocycles. The van der Waals surface area contributed by atoms with E-state index in [1.165, 1.54) is 0 Å². The van der Waals surface area contributed by atoms with Gasteiger partial charge in [0, 0.05) is 29.5 Å². The minimum Gasteiger partial charge on any atom is -0.494 e. The zero-order valence-electron chi connectivity index (χ0n) is 11.4. The van der Waals surface area contributed by atoms with Crippen LogP contribution in [0, 0.1) is 0 Å². The Morgan fingerprint density at radius 3 is 2.84 bits per heavy atom. The number of carbonyl (C=O) groups excluding carboxylic acids is 1. The molecule has 0 bridgehead atoms. The lowest BCUT2D eigenvalue weighted by Crippen LogP contribution is -2.38. The number of carbonyl (C=O) groups is 1. The zero-order chi connectivity index (χ0) is 13.8. The van der Waals surface area contributed by atoms with Crippen LogP contribution < -0.4 is 21.1 Å². The number of nitrogens with one attached hydrogen (secondary N) is 2. The van der Waals surface area contributed by atoms with Gasteiger partial charge in [0.05, 0.1) is 6.61 Å². The molecule has 19 heavy (non-hydrogen) atoms. The van der Waals surface area contributed by atoms with Crippen LogP contribution in [0.4, 0.5) is 11.4 Å². The van der Waals surface area contributed by atoms with Crippen LogP contribution in [-0.2, 0) is 4.79 Å². The first-order valence-electron chi connectivity index (χ1n) is 6.68. The fraction of sp³-hybridized carbons (Fsp3) is 0.500. The Kier molecular flexibility index (Phi) is 4.14. The molecule has 1 atom stereocenters. The Morgan fingerprint density at radius 2 is 2.21 bits per heavy atom. The molecule has 5 heteroatoms. The maximum atomic E-state index is 11.9. The maximum Gasteiger partial charge on any atom is 0.242 e. The van der Waals surface area contributed by atoms with Gasteiger partial charge in [0.15, 0.2) is 0 Å². The van der Waals surface area contributed by atoms with Crippen molar-refractivity contribution >= 4 is 17.3 Å². The minimum absolute atomic E-state index is 0.0166. The van der Waals surface area contributed by atoms with E-state index in [1.807, 2.05) is 19.9 Å². The SMILES string of the molecule is CCOc1cc(N)cc(NC(C)C(=O)NC2CC2)c1. The Bertz CT molecular complexity index is 458. The number of nitrogen functional groups attached to an aromatic ring is 1. The van der Waals surface area contributed by atoms with Gasteiger partial charge in [-0.3, -0.25) is 4.79 Å². The molecule has 1 unspecified atom stereocenters. The summed E-state index contributed by atoms with van der Waals surface area (Å²) in [5.41, 5.74) is 7.22. The monoisotopic (exact) mass is 263 g/mol. The second kappa shape index (κ2) is 5.82. The quantitative estimate of drug-likeness (QED) is 0.683. The molecule has 4 N–H and O–H groups in total. The van der Waals surface area contributed by atoms with Gasteiger partial charge in [-0.05, 0) is 32.8 Å². The van der Waals surface area contributed by atoms with Crippen LogP contribution in [0.3, 0.4) is 0 Å². The highest BCUT2D eigenvalue weighted by molar-refractivity contribution is 5.85. The third-order valence-electron chi connectivity index (χ3n) is 2.94. The zero-order valence-corrected chi connectivity index (χ0v) is 11.4. The average Bonchev–Trinajstić information content (AvgIpc) is 3.12. The van der Waals surface area contributed by atoms with E-state index in [0.29, 0.717) is 24.1 Å². The number of benzene rings is 1. The van der Waals surface area contributed by atoms with Crippen molar-refractivity contribution in [2.24, 2.45) is 0 Å². The Labute approximate surface area is 113 Å². The Balaban J connectivity index is 1.98. The number of amides is 1. The van der Waals surface area contributed by atoms with E-state index in [2.05, 4.69) is 10.6 Å². The number of ether oxygens (including phenoxy) is 1. The summed E-state index contributed by atoms with van der Waals surface area (Å²) in [6, 6.07) is 5.49. The number of hydrogen-bond acceptors (Lipinski definition) is 4. The summed E-state index contributed by atoms with van der Waals surface area (Å²) in [7, 11) is 0. The second-order valence-electron chi connectivity index (χ2n) is 4.87. The molecule has 0 heterocycles. The number of anilines is 2. The number of rotatable bonds is 6. The molecule has 104 valence electrons. The first-order chi connectivity index (χ1) is 9.08. The van der Waals surface area contributed by atoms with Crippen LogP contribution >= 0.6 is 0 Å². The molecule has 1 fully saturated rings. The molecule has 1 aromatic rings. The van der Waals surface area contributed by atoms with Gasteiger partial charge in [0.2, 0.25) is 5.91 Å². The van der Waals surface area contributed by atoms with Crippen molar-refractivity contribution in [3.05, 3.63) is 18.2 Å². The van der Waals surface area contributed by atoms with Crippen molar-refractivity contribution < 1.29 is 9.53 Å². The molecule has 1 aromatic carbocycles. The summed E-state index contributed by atoms with van der Waals surface area (Å²) in [6.07, 6.45) is 2.18. The smallest absolute Gasteiger partial charge is 0.242 e. The van der Waals surface area contributed by atoms with Gasteiger partial charge in [-0.2, -0.15) is 0 Å². The summed E-state index contributed by atoms with van der Waals surface area (Å²) in [5, 5.41) is 6.11. The molecule has 0 radical (unpaired) electrons. The number of nitrogens with two attached hydrogens (primary N) is 1. The van der Waals surface area contributed by atoms with Crippen LogP contribution in [0.15, 0.2) is 18.2 Å². The van der Waals surface area contributed by atoms with Gasteiger partial charge in [0.25, 0.3) is 0 Å². The van der Waals surface area contributed by atoms with E-state index in [4.69, 9.17) is 10.5 Å². The van der Waals surface area contributed by atoms with E-state index >= 15 is 0 Å². The summed E-state index contributed by atoms with van der Waals surface area (Å²) in [5.74, 6) is 0.725. The van der Waals surface area contributed by atoms with Crippen LogP contribution in [0.1, 0.15) is 26.7 Å². The van der Waals surface area contributed by atoms with Gasteiger partial charge >= 0.3 is 0 Å². The third kappa shape index (κ3) is 4.05. The first-order valence-corrected chi connectivity index (χ1v) is 6.68. The van der Waals surface area contributed by atoms with Crippen molar-refractivity contribution in [2.45, 2.75) is 38.8 Å². The van der Waals surface area contributed by atoms with Gasteiger partial charge in [-0.25, -0.2) is 0 Å². The summed E-state index contributed by atoms with van der Waals surface area (Å²) in [4.78, 5) is 11.9. The van der Waals surface area contributed by atoms with E-state index in [1.54, 1.807) is 12.1 Å². The topological polar surface area (TPSA) is 76.4 Å². The van der Waals surface area contributed by atoms with Crippen LogP contribution in [-0.4, -0.2) is 24.6 Å². The summed E-state index contributed by atoms with van der Waals surface area (Å²) in [6.45, 7) is 4.34. The van der Waals surface area contributed by atoms with Crippen molar-refractivity contribution in [1.82, 2.24) is 5.32 Å². The maximum absolute atomic E-state index is 11.9. The molecule has 5 nitrogen and oxygen atoms in total. The van der Waals surface area contributed by atoms with E-state index in [-0.39, 0.29) is 11.9 Å². The van der Waals surface area contributed by atoms with Gasteiger partial charge in [-0.15, -0.1) is 0 Å². The predicted octanol–water partition coefficient (Wildman–Crippen LogP) is 1.75. The second-order valence-corrected chi connectivity index (χ2v) is 4.87. The summed E-state index contributed by atoms with van der Waals surface area (Å²) < 4.78 is 5.42. The highest BCUT2D eigenvalue weighted by Gasteiger charge is 2.25. The van der Waals surface area contributed by atoms with Crippen molar-refractivity contribution in [3.8, 4) is 5.75 Å². The average molecular weight is 263 g/mol. The third-order valence-corrected chi connectivity index (χ3v) is 2.94. The lowest BCUT2D eigenvalue weighted by Gasteiger charge is -2.16. The molecule has 1 aliphatic rings. The van der Waals surface area contributed by atoms with Crippen LogP contribution in [0.5, 0.6) is 5.75 Å². The van der Waals surface area contributed by atoms with Crippen molar-refractivity contribution in [3.63, 3.8) is 0 Å². The van der Waals surface area contributed by atoms with E-state index in [0.717, 1.165) is 18.5 Å². The first kappa shape index (κ1) is 13.5. The molecule has 1 amide bonds. The van der Waals surface area contributed by atoms with Crippen molar-refractivity contribution in [1.29, 1.82) is 0 Å². The van der Waals surface area contributed by atoms with Crippen LogP contribution in [0.2, 0.25) is 0 Å². The predicted molar refractivity (Wildman–Crippen MR) is 76.3 cm³/mol. The molecule has 1 aliphatic carbocycles. The molecule has 0 spiro atoms. The normalized spacial score (nSPS) is 15.7. The largest absolute Gasteiger partial charge is 0.494 e. The lowest BCUT2D eigenvalue weighted by atomic mass is 10.2. The molecular formula is C14H21N3O2. The van der Waals surface area contributed by atoms with E-state index < -0.39 is 0 Å². The molecule has 0 aromatic heterocycles. The fourth-order valence-corrected chi connectivity index (χ4v) is 1.82. The van der Waals surface area contributed by atoms with E-state index in [9.17, 15) is 4.79 Å². The highest BCUT2D eigenvalue weighted by Crippen LogP contribution is 2.23. The Hall–Kier alpha value is -1.91. The summed E-state index contributed by atoms with van der Waals surface area (Å²) >= 11 is 0. The lowest BCUT2D eigenvalue weighted by molar-refractivity contribution is -0.121. The molecule has 1 saturated carbocycles. The molecular weight excluding hydrogens is 242 g/mol. The standard InChI is InChI=1S/C14H21N3O2/c1-3-19-13-7-10(15)6-12(8-13)16-9(2)14(18)17-11-4-5-11/h6-9,11,16H,3-5,15H2,1-2H3,(H,17,18). The Morgan fingerprint density at radius 1 is 1.47 bits per heavy atom. The van der Waals surface area contributed by atoms with Crippen molar-refractivity contribution in [2.75, 3.05) is 17.7 Å². The van der Waals surface area contributed by atoms with Gasteiger partial charge in [-0.1, -0.05) is 0 Å². The minimum atomic E-state index is -0.295. The van der Waals surface area contributed by atoms with Gasteiger partial charge in [0.1, 0.15) is 11.8 Å².